The molecule has 0 spiro atoms. The van der Waals surface area contributed by atoms with Crippen LogP contribution in [0.25, 0.3) is 11.5 Å². The van der Waals surface area contributed by atoms with E-state index in [4.69, 9.17) is 4.42 Å². The van der Waals surface area contributed by atoms with Gasteiger partial charge in [-0.15, -0.1) is 0 Å². The van der Waals surface area contributed by atoms with Crippen molar-refractivity contribution in [2.75, 3.05) is 0 Å². The van der Waals surface area contributed by atoms with Crippen LogP contribution in [0.5, 0.6) is 0 Å². The fraction of sp³-hybridized carbons (Fsp3) is 0.182. The van der Waals surface area contributed by atoms with Crippen molar-refractivity contribution in [2.24, 2.45) is 0 Å². The predicted octanol–water partition coefficient (Wildman–Crippen LogP) is 3.10. The van der Waals surface area contributed by atoms with Gasteiger partial charge in [-0.25, -0.2) is 9.37 Å². The summed E-state index contributed by atoms with van der Waals surface area (Å²) in [4.78, 5) is 4.05. The molecule has 0 saturated heterocycles. The molecule has 1 aromatic heterocycles. The van der Waals surface area contributed by atoms with E-state index in [0.29, 0.717) is 17.0 Å². The Kier molecular flexibility index (Phi) is 2.08. The van der Waals surface area contributed by atoms with Crippen LogP contribution in [0.4, 0.5) is 4.39 Å². The first-order valence-electron chi connectivity index (χ1n) is 4.36. The number of nitrogens with zero attached hydrogens (tertiary/aromatic N) is 1. The van der Waals surface area contributed by atoms with Crippen molar-refractivity contribution in [1.29, 1.82) is 0 Å². The average molecular weight is 191 g/mol. The molecule has 2 nitrogen and oxygen atoms in total. The monoisotopic (exact) mass is 191 g/mol. The summed E-state index contributed by atoms with van der Waals surface area (Å²) >= 11 is 0. The Morgan fingerprint density at radius 1 is 1.29 bits per heavy atom. The molecule has 0 saturated carbocycles. The molecule has 0 aliphatic rings. The molecule has 0 radical (unpaired) electrons. The van der Waals surface area contributed by atoms with E-state index in [2.05, 4.69) is 4.98 Å². The SMILES string of the molecule is Cc1cnc(-c2cccc(F)c2C)o1. The molecule has 2 rings (SSSR count). The maximum Gasteiger partial charge on any atom is 0.226 e. The fourth-order valence-electron chi connectivity index (χ4n) is 1.32. The van der Waals surface area contributed by atoms with Crippen molar-refractivity contribution in [3.63, 3.8) is 0 Å². The van der Waals surface area contributed by atoms with Gasteiger partial charge in [0.05, 0.1) is 6.20 Å². The molecule has 0 bridgehead atoms. The standard InChI is InChI=1S/C11H10FNO/c1-7-6-13-11(14-7)9-4-3-5-10(12)8(9)2/h3-6H,1-2H3. The summed E-state index contributed by atoms with van der Waals surface area (Å²) in [6.45, 7) is 3.52. The average Bonchev–Trinajstić information content (AvgIpc) is 2.57. The van der Waals surface area contributed by atoms with Crippen molar-refractivity contribution in [1.82, 2.24) is 4.98 Å². The molecule has 0 amide bonds. The Hall–Kier alpha value is -1.64. The summed E-state index contributed by atoms with van der Waals surface area (Å²) in [6, 6.07) is 4.87. The lowest BCUT2D eigenvalue weighted by Gasteiger charge is -2.01. The zero-order valence-corrected chi connectivity index (χ0v) is 8.04. The molecule has 1 aromatic carbocycles. The van der Waals surface area contributed by atoms with Crippen LogP contribution in [-0.4, -0.2) is 4.98 Å². The second-order valence-corrected chi connectivity index (χ2v) is 3.19. The van der Waals surface area contributed by atoms with Crippen LogP contribution in [0.1, 0.15) is 11.3 Å². The number of rotatable bonds is 1. The fourth-order valence-corrected chi connectivity index (χ4v) is 1.32. The molecule has 0 aliphatic carbocycles. The molecule has 0 unspecified atom stereocenters. The quantitative estimate of drug-likeness (QED) is 0.692. The number of aryl methyl sites for hydroxylation is 1. The highest BCUT2D eigenvalue weighted by Crippen LogP contribution is 2.24. The van der Waals surface area contributed by atoms with Gasteiger partial charge < -0.3 is 4.42 Å². The van der Waals surface area contributed by atoms with Gasteiger partial charge in [0.25, 0.3) is 0 Å². The van der Waals surface area contributed by atoms with Gasteiger partial charge in [0.2, 0.25) is 5.89 Å². The number of halogens is 1. The predicted molar refractivity (Wildman–Crippen MR) is 51.4 cm³/mol. The Labute approximate surface area is 81.4 Å². The van der Waals surface area contributed by atoms with Crippen molar-refractivity contribution >= 4 is 0 Å². The van der Waals surface area contributed by atoms with Crippen LogP contribution >= 0.6 is 0 Å². The molecule has 2 aromatic rings. The van der Waals surface area contributed by atoms with Crippen LogP contribution in [-0.2, 0) is 0 Å². The van der Waals surface area contributed by atoms with Gasteiger partial charge in [-0.2, -0.15) is 0 Å². The van der Waals surface area contributed by atoms with E-state index in [-0.39, 0.29) is 5.82 Å². The second kappa shape index (κ2) is 3.25. The molecule has 72 valence electrons. The third-order valence-electron chi connectivity index (χ3n) is 2.12. The van der Waals surface area contributed by atoms with Crippen molar-refractivity contribution in [3.8, 4) is 11.5 Å². The van der Waals surface area contributed by atoms with Gasteiger partial charge in [0, 0.05) is 5.56 Å². The molecular weight excluding hydrogens is 181 g/mol. The smallest absolute Gasteiger partial charge is 0.226 e. The van der Waals surface area contributed by atoms with Crippen molar-refractivity contribution in [3.05, 3.63) is 41.5 Å². The highest BCUT2D eigenvalue weighted by atomic mass is 19.1. The molecule has 14 heavy (non-hydrogen) atoms. The number of benzene rings is 1. The molecular formula is C11H10FNO. The van der Waals surface area contributed by atoms with Gasteiger partial charge in [-0.3, -0.25) is 0 Å². The molecule has 0 atom stereocenters. The first-order chi connectivity index (χ1) is 6.68. The maximum atomic E-state index is 13.2. The van der Waals surface area contributed by atoms with Crippen LogP contribution in [0.15, 0.2) is 28.8 Å². The van der Waals surface area contributed by atoms with Gasteiger partial charge in [0.1, 0.15) is 11.6 Å². The summed E-state index contributed by atoms with van der Waals surface area (Å²) in [5.74, 6) is 0.960. The van der Waals surface area contributed by atoms with Gasteiger partial charge in [-0.05, 0) is 31.5 Å². The lowest BCUT2D eigenvalue weighted by Crippen LogP contribution is -1.87. The summed E-state index contributed by atoms with van der Waals surface area (Å²) < 4.78 is 18.5. The molecule has 0 aliphatic heterocycles. The molecule has 0 fully saturated rings. The highest BCUT2D eigenvalue weighted by Gasteiger charge is 2.09. The zero-order chi connectivity index (χ0) is 10.1. The lowest BCUT2D eigenvalue weighted by molar-refractivity contribution is 0.540. The third kappa shape index (κ3) is 1.41. The minimum atomic E-state index is -0.238. The number of hydrogen-bond donors (Lipinski definition) is 0. The van der Waals surface area contributed by atoms with Gasteiger partial charge >= 0.3 is 0 Å². The van der Waals surface area contributed by atoms with E-state index in [0.717, 1.165) is 5.76 Å². The lowest BCUT2D eigenvalue weighted by atomic mass is 10.1. The van der Waals surface area contributed by atoms with Crippen molar-refractivity contribution in [2.45, 2.75) is 13.8 Å². The van der Waals surface area contributed by atoms with Crippen LogP contribution < -0.4 is 0 Å². The number of hydrogen-bond acceptors (Lipinski definition) is 2. The highest BCUT2D eigenvalue weighted by molar-refractivity contribution is 5.58. The Balaban J connectivity index is 2.57. The topological polar surface area (TPSA) is 26.0 Å². The van der Waals surface area contributed by atoms with E-state index < -0.39 is 0 Å². The van der Waals surface area contributed by atoms with E-state index in [9.17, 15) is 4.39 Å². The summed E-state index contributed by atoms with van der Waals surface area (Å²) in [7, 11) is 0. The molecule has 0 N–H and O–H groups in total. The summed E-state index contributed by atoms with van der Waals surface area (Å²) in [6.07, 6.45) is 1.62. The van der Waals surface area contributed by atoms with Crippen LogP contribution in [0.3, 0.4) is 0 Å². The second-order valence-electron chi connectivity index (χ2n) is 3.19. The van der Waals surface area contributed by atoms with Gasteiger partial charge in [-0.1, -0.05) is 6.07 Å². The van der Waals surface area contributed by atoms with E-state index in [1.165, 1.54) is 6.07 Å². The largest absolute Gasteiger partial charge is 0.441 e. The van der Waals surface area contributed by atoms with Crippen LogP contribution in [0, 0.1) is 19.7 Å². The van der Waals surface area contributed by atoms with Crippen LogP contribution in [0.2, 0.25) is 0 Å². The van der Waals surface area contributed by atoms with E-state index in [1.807, 2.05) is 6.92 Å². The molecule has 1 heterocycles. The first kappa shape index (κ1) is 8.94. The third-order valence-corrected chi connectivity index (χ3v) is 2.12. The Morgan fingerprint density at radius 2 is 2.07 bits per heavy atom. The maximum absolute atomic E-state index is 13.2. The number of aromatic nitrogens is 1. The van der Waals surface area contributed by atoms with E-state index in [1.54, 1.807) is 25.3 Å². The normalized spacial score (nSPS) is 10.5. The minimum absolute atomic E-state index is 0.238. The zero-order valence-electron chi connectivity index (χ0n) is 8.04. The van der Waals surface area contributed by atoms with E-state index >= 15 is 0 Å². The molecule has 3 heteroatoms. The summed E-state index contributed by atoms with van der Waals surface area (Å²) in [5.41, 5.74) is 1.27. The van der Waals surface area contributed by atoms with Crippen molar-refractivity contribution < 1.29 is 8.81 Å². The summed E-state index contributed by atoms with van der Waals surface area (Å²) in [5, 5.41) is 0. The Morgan fingerprint density at radius 3 is 2.71 bits per heavy atom. The minimum Gasteiger partial charge on any atom is -0.441 e. The van der Waals surface area contributed by atoms with Gasteiger partial charge in [0.15, 0.2) is 0 Å². The number of oxazole rings is 1. The first-order valence-corrected chi connectivity index (χ1v) is 4.36. The Bertz CT molecular complexity index is 462.